The summed E-state index contributed by atoms with van der Waals surface area (Å²) < 4.78 is 5.23. The summed E-state index contributed by atoms with van der Waals surface area (Å²) in [6.45, 7) is 2.89. The third kappa shape index (κ3) is 2.99. The van der Waals surface area contributed by atoms with E-state index in [-0.39, 0.29) is 6.54 Å². The van der Waals surface area contributed by atoms with Crippen molar-refractivity contribution < 1.29 is 14.1 Å². The molecule has 1 aliphatic rings. The molecule has 1 aliphatic heterocycles. The fraction of sp³-hybridized carbons (Fsp3) is 0.222. The van der Waals surface area contributed by atoms with Crippen molar-refractivity contribution in [2.45, 2.75) is 13.5 Å². The Balaban J connectivity index is 1.48. The number of aromatic nitrogens is 2. The van der Waals surface area contributed by atoms with Crippen molar-refractivity contribution in [2.75, 3.05) is 18.0 Å². The van der Waals surface area contributed by atoms with Crippen LogP contribution in [0.15, 0.2) is 46.3 Å². The minimum atomic E-state index is -0.560. The molecule has 1 aromatic carbocycles. The molecule has 2 aromatic heterocycles. The molecule has 1 saturated heterocycles. The first kappa shape index (κ1) is 16.5. The largest absolute Gasteiger partial charge is 0.337 e. The normalized spacial score (nSPS) is 15.0. The lowest BCUT2D eigenvalue weighted by Crippen LogP contribution is -2.54. The quantitative estimate of drug-likeness (QED) is 0.661. The third-order valence-corrected chi connectivity index (χ3v) is 5.12. The van der Waals surface area contributed by atoms with Crippen LogP contribution in [0, 0.1) is 6.92 Å². The van der Waals surface area contributed by atoms with Crippen molar-refractivity contribution in [1.82, 2.24) is 15.0 Å². The first-order chi connectivity index (χ1) is 12.6. The number of hydrogen-bond acceptors (Lipinski definition) is 6. The predicted molar refractivity (Wildman–Crippen MR) is 96.6 cm³/mol. The van der Waals surface area contributed by atoms with Crippen molar-refractivity contribution in [3.05, 3.63) is 53.2 Å². The first-order valence-corrected chi connectivity index (χ1v) is 9.04. The maximum atomic E-state index is 12.5. The third-order valence-electron chi connectivity index (χ3n) is 4.25. The number of thiophene rings is 1. The SMILES string of the molecule is Cc1ccccc1N1CCN(Cc2nc(-c3cccs3)no2)C(=O)C1=O. The molecule has 3 aromatic rings. The molecule has 1 fully saturated rings. The van der Waals surface area contributed by atoms with Crippen LogP contribution in [-0.4, -0.2) is 39.9 Å². The van der Waals surface area contributed by atoms with Crippen molar-refractivity contribution >= 4 is 28.8 Å². The van der Waals surface area contributed by atoms with Crippen LogP contribution >= 0.6 is 11.3 Å². The van der Waals surface area contributed by atoms with Crippen molar-refractivity contribution in [3.8, 4) is 10.7 Å². The standard InChI is InChI=1S/C18H16N4O3S/c1-12-5-2-3-6-13(12)22-9-8-21(17(23)18(22)24)11-15-19-16(20-25-15)14-7-4-10-26-14/h2-7,10H,8-9,11H2,1H3. The van der Waals surface area contributed by atoms with E-state index in [2.05, 4.69) is 10.1 Å². The van der Waals surface area contributed by atoms with E-state index in [1.807, 2.05) is 48.7 Å². The van der Waals surface area contributed by atoms with Gasteiger partial charge in [-0.25, -0.2) is 0 Å². The van der Waals surface area contributed by atoms with Gasteiger partial charge in [-0.1, -0.05) is 29.4 Å². The number of nitrogens with zero attached hydrogens (tertiary/aromatic N) is 4. The minimum absolute atomic E-state index is 0.130. The van der Waals surface area contributed by atoms with Gasteiger partial charge in [0.25, 0.3) is 0 Å². The number of amides is 2. The Morgan fingerprint density at radius 3 is 2.73 bits per heavy atom. The summed E-state index contributed by atoms with van der Waals surface area (Å²) in [7, 11) is 0. The molecule has 0 saturated carbocycles. The summed E-state index contributed by atoms with van der Waals surface area (Å²) in [5.41, 5.74) is 1.72. The Morgan fingerprint density at radius 2 is 1.96 bits per heavy atom. The minimum Gasteiger partial charge on any atom is -0.337 e. The van der Waals surface area contributed by atoms with E-state index < -0.39 is 11.8 Å². The van der Waals surface area contributed by atoms with Crippen LogP contribution in [0.5, 0.6) is 0 Å². The van der Waals surface area contributed by atoms with Crippen molar-refractivity contribution in [3.63, 3.8) is 0 Å². The van der Waals surface area contributed by atoms with Crippen LogP contribution < -0.4 is 4.90 Å². The van der Waals surface area contributed by atoms with E-state index in [9.17, 15) is 9.59 Å². The molecular weight excluding hydrogens is 352 g/mol. The molecule has 0 unspecified atom stereocenters. The fourth-order valence-electron chi connectivity index (χ4n) is 2.91. The highest BCUT2D eigenvalue weighted by atomic mass is 32.1. The first-order valence-electron chi connectivity index (χ1n) is 8.16. The number of piperazine rings is 1. The molecule has 8 heteroatoms. The molecule has 0 spiro atoms. The number of rotatable bonds is 4. The molecule has 0 radical (unpaired) electrons. The number of para-hydroxylation sites is 1. The molecule has 0 aliphatic carbocycles. The lowest BCUT2D eigenvalue weighted by atomic mass is 10.1. The van der Waals surface area contributed by atoms with Crippen LogP contribution in [0.25, 0.3) is 10.7 Å². The molecule has 4 rings (SSSR count). The lowest BCUT2D eigenvalue weighted by molar-refractivity contribution is -0.146. The number of benzene rings is 1. The maximum Gasteiger partial charge on any atom is 0.316 e. The van der Waals surface area contributed by atoms with Gasteiger partial charge in [0, 0.05) is 18.8 Å². The summed E-state index contributed by atoms with van der Waals surface area (Å²) in [5.74, 6) is -0.287. The average molecular weight is 368 g/mol. The molecule has 132 valence electrons. The molecule has 2 amide bonds. The number of anilines is 1. The smallest absolute Gasteiger partial charge is 0.316 e. The number of hydrogen-bond donors (Lipinski definition) is 0. The van der Waals surface area contributed by atoms with Crippen molar-refractivity contribution in [1.29, 1.82) is 0 Å². The van der Waals surface area contributed by atoms with Gasteiger partial charge in [0.2, 0.25) is 11.7 Å². The zero-order valence-electron chi connectivity index (χ0n) is 14.1. The van der Waals surface area contributed by atoms with Crippen LogP contribution in [0.4, 0.5) is 5.69 Å². The summed E-state index contributed by atoms with van der Waals surface area (Å²) in [5, 5.41) is 5.86. The number of carbonyl (C=O) groups excluding carboxylic acids is 2. The second-order valence-corrected chi connectivity index (χ2v) is 6.91. The lowest BCUT2D eigenvalue weighted by Gasteiger charge is -2.33. The molecule has 26 heavy (non-hydrogen) atoms. The molecule has 0 bridgehead atoms. The van der Waals surface area contributed by atoms with Crippen LogP contribution in [0.1, 0.15) is 11.5 Å². The molecule has 3 heterocycles. The predicted octanol–water partition coefficient (Wildman–Crippen LogP) is 2.48. The van der Waals surface area contributed by atoms with Gasteiger partial charge in [0.1, 0.15) is 6.54 Å². The zero-order chi connectivity index (χ0) is 18.1. The summed E-state index contributed by atoms with van der Waals surface area (Å²) in [4.78, 5) is 33.2. The number of aryl methyl sites for hydroxylation is 1. The second-order valence-electron chi connectivity index (χ2n) is 5.96. The Labute approximate surface area is 153 Å². The van der Waals surface area contributed by atoms with Gasteiger partial charge in [-0.15, -0.1) is 11.3 Å². The topological polar surface area (TPSA) is 79.5 Å². The Kier molecular flexibility index (Phi) is 4.26. The van der Waals surface area contributed by atoms with E-state index in [1.54, 1.807) is 0 Å². The fourth-order valence-corrected chi connectivity index (χ4v) is 3.56. The van der Waals surface area contributed by atoms with Crippen molar-refractivity contribution in [2.24, 2.45) is 0 Å². The highest BCUT2D eigenvalue weighted by molar-refractivity contribution is 7.13. The van der Waals surface area contributed by atoms with Gasteiger partial charge in [0.05, 0.1) is 4.88 Å². The maximum absolute atomic E-state index is 12.5. The van der Waals surface area contributed by atoms with Crippen LogP contribution in [-0.2, 0) is 16.1 Å². The molecule has 0 atom stereocenters. The van der Waals surface area contributed by atoms with E-state index in [0.717, 1.165) is 16.1 Å². The van der Waals surface area contributed by atoms with E-state index in [1.165, 1.54) is 21.1 Å². The highest BCUT2D eigenvalue weighted by Gasteiger charge is 2.34. The number of carbonyl (C=O) groups is 2. The van der Waals surface area contributed by atoms with Gasteiger partial charge < -0.3 is 14.3 Å². The average Bonchev–Trinajstić information content (AvgIpc) is 3.32. The van der Waals surface area contributed by atoms with Gasteiger partial charge in [-0.05, 0) is 30.0 Å². The Morgan fingerprint density at radius 1 is 1.12 bits per heavy atom. The van der Waals surface area contributed by atoms with Gasteiger partial charge in [-0.3, -0.25) is 9.59 Å². The molecule has 0 N–H and O–H groups in total. The Bertz CT molecular complexity index is 951. The van der Waals surface area contributed by atoms with Gasteiger partial charge >= 0.3 is 11.8 Å². The van der Waals surface area contributed by atoms with E-state index in [0.29, 0.717) is 24.8 Å². The molecule has 7 nitrogen and oxygen atoms in total. The van der Waals surface area contributed by atoms with E-state index >= 15 is 0 Å². The van der Waals surface area contributed by atoms with E-state index in [4.69, 9.17) is 4.52 Å². The highest BCUT2D eigenvalue weighted by Crippen LogP contribution is 2.24. The summed E-state index contributed by atoms with van der Waals surface area (Å²) >= 11 is 1.51. The summed E-state index contributed by atoms with van der Waals surface area (Å²) in [6.07, 6.45) is 0. The zero-order valence-corrected chi connectivity index (χ0v) is 14.9. The van der Waals surface area contributed by atoms with Crippen LogP contribution in [0.2, 0.25) is 0 Å². The van der Waals surface area contributed by atoms with Crippen LogP contribution in [0.3, 0.4) is 0 Å². The second kappa shape index (κ2) is 6.72. The molecular formula is C18H16N4O3S. The van der Waals surface area contributed by atoms with Gasteiger partial charge in [0.15, 0.2) is 0 Å². The monoisotopic (exact) mass is 368 g/mol. The Hall–Kier alpha value is -3.00. The van der Waals surface area contributed by atoms with Gasteiger partial charge in [-0.2, -0.15) is 4.98 Å². The summed E-state index contributed by atoms with van der Waals surface area (Å²) in [6, 6.07) is 11.3.